The number of ether oxygens (including phenoxy) is 1. The molecule has 1 amide bonds. The number of amides is 1. The maximum Gasteiger partial charge on any atom is 0.340 e. The number of nitrogens with zero attached hydrogens (tertiary/aromatic N) is 1. The average Bonchev–Trinajstić information content (AvgIpc) is 2.68. The van der Waals surface area contributed by atoms with E-state index in [1.54, 1.807) is 23.1 Å². The van der Waals surface area contributed by atoms with Crippen LogP contribution in [0.2, 0.25) is 10.0 Å². The molecule has 6 heteroatoms. The van der Waals surface area contributed by atoms with E-state index in [9.17, 15) is 9.59 Å². The molecule has 1 saturated heterocycles. The average molecular weight is 392 g/mol. The van der Waals surface area contributed by atoms with Crippen molar-refractivity contribution in [2.75, 3.05) is 13.1 Å². The van der Waals surface area contributed by atoms with Crippen LogP contribution >= 0.6 is 23.2 Å². The molecule has 3 rings (SSSR count). The number of carbonyl (C=O) groups excluding carboxylic acids is 2. The van der Waals surface area contributed by atoms with E-state index in [1.807, 2.05) is 18.2 Å². The predicted molar refractivity (Wildman–Crippen MR) is 101 cm³/mol. The molecule has 1 fully saturated rings. The Morgan fingerprint density at radius 2 is 1.65 bits per heavy atom. The number of hydrogen-bond acceptors (Lipinski definition) is 3. The normalized spacial score (nSPS) is 15.4. The minimum atomic E-state index is -1.00. The predicted octanol–water partition coefficient (Wildman–Crippen LogP) is 4.90. The van der Waals surface area contributed by atoms with Crippen molar-refractivity contribution in [2.24, 2.45) is 0 Å². The fourth-order valence-electron chi connectivity index (χ4n) is 2.99. The highest BCUT2D eigenvalue weighted by molar-refractivity contribution is 6.35. The maximum absolute atomic E-state index is 13.0. The molecule has 26 heavy (non-hydrogen) atoms. The molecule has 0 unspecified atom stereocenters. The molecule has 0 aliphatic carbocycles. The van der Waals surface area contributed by atoms with Crippen molar-refractivity contribution in [1.29, 1.82) is 0 Å². The second-order valence-corrected chi connectivity index (χ2v) is 7.05. The van der Waals surface area contributed by atoms with Gasteiger partial charge < -0.3 is 9.64 Å². The van der Waals surface area contributed by atoms with Gasteiger partial charge in [-0.1, -0.05) is 53.5 Å². The van der Waals surface area contributed by atoms with E-state index >= 15 is 0 Å². The molecule has 1 aliphatic heterocycles. The summed E-state index contributed by atoms with van der Waals surface area (Å²) in [6.07, 6.45) is 2.03. The van der Waals surface area contributed by atoms with Crippen LogP contribution in [-0.4, -0.2) is 29.9 Å². The van der Waals surface area contributed by atoms with E-state index in [0.717, 1.165) is 19.3 Å². The highest BCUT2D eigenvalue weighted by Gasteiger charge is 2.31. The van der Waals surface area contributed by atoms with Gasteiger partial charge in [0.05, 0.1) is 10.6 Å². The minimum absolute atomic E-state index is 0.145. The lowest BCUT2D eigenvalue weighted by atomic mass is 10.1. The number of likely N-dealkylation sites (tertiary alicyclic amines) is 1. The van der Waals surface area contributed by atoms with E-state index in [2.05, 4.69) is 0 Å². The van der Waals surface area contributed by atoms with Crippen molar-refractivity contribution < 1.29 is 14.3 Å². The molecule has 0 radical (unpaired) electrons. The first-order valence-electron chi connectivity index (χ1n) is 8.56. The second-order valence-electron chi connectivity index (χ2n) is 6.21. The number of benzene rings is 2. The topological polar surface area (TPSA) is 46.6 Å². The molecule has 0 N–H and O–H groups in total. The summed E-state index contributed by atoms with van der Waals surface area (Å²) in [5.74, 6) is -0.876. The van der Waals surface area contributed by atoms with Gasteiger partial charge in [0.1, 0.15) is 0 Å². The Balaban J connectivity index is 1.87. The molecule has 1 aliphatic rings. The zero-order valence-electron chi connectivity index (χ0n) is 14.2. The molecular formula is C20H19Cl2NO3. The van der Waals surface area contributed by atoms with Crippen LogP contribution in [0.4, 0.5) is 0 Å². The van der Waals surface area contributed by atoms with Gasteiger partial charge in [-0.25, -0.2) is 4.79 Å². The molecule has 1 heterocycles. The Morgan fingerprint density at radius 3 is 2.35 bits per heavy atom. The van der Waals surface area contributed by atoms with Crippen molar-refractivity contribution in [3.8, 4) is 0 Å². The van der Waals surface area contributed by atoms with E-state index in [1.165, 1.54) is 12.1 Å². The highest BCUT2D eigenvalue weighted by Crippen LogP contribution is 2.27. The fourth-order valence-corrected chi connectivity index (χ4v) is 3.36. The van der Waals surface area contributed by atoms with Gasteiger partial charge in [-0.05, 0) is 37.5 Å². The Bertz CT molecular complexity index is 789. The summed E-state index contributed by atoms with van der Waals surface area (Å²) in [4.78, 5) is 27.4. The van der Waals surface area contributed by atoms with E-state index < -0.39 is 12.1 Å². The van der Waals surface area contributed by atoms with Crippen molar-refractivity contribution in [3.63, 3.8) is 0 Å². The molecule has 2 aromatic rings. The van der Waals surface area contributed by atoms with Gasteiger partial charge in [-0.15, -0.1) is 0 Å². The molecule has 0 saturated carbocycles. The van der Waals surface area contributed by atoms with Crippen molar-refractivity contribution in [3.05, 3.63) is 69.7 Å². The molecule has 0 spiro atoms. The molecule has 4 nitrogen and oxygen atoms in total. The Hall–Kier alpha value is -2.04. The van der Waals surface area contributed by atoms with Gasteiger partial charge in [0.2, 0.25) is 6.10 Å². The Kier molecular flexibility index (Phi) is 6.17. The summed E-state index contributed by atoms with van der Waals surface area (Å²) in [7, 11) is 0. The van der Waals surface area contributed by atoms with Crippen LogP contribution in [-0.2, 0) is 9.53 Å². The summed E-state index contributed by atoms with van der Waals surface area (Å²) in [5, 5.41) is 0.608. The Labute approximate surface area is 162 Å². The lowest BCUT2D eigenvalue weighted by Crippen LogP contribution is -2.40. The molecule has 0 bridgehead atoms. The summed E-state index contributed by atoms with van der Waals surface area (Å²) in [6, 6.07) is 13.6. The van der Waals surface area contributed by atoms with Crippen LogP contribution in [0.3, 0.4) is 0 Å². The number of halogens is 2. The number of carbonyl (C=O) groups is 2. The summed E-state index contributed by atoms with van der Waals surface area (Å²) in [6.45, 7) is 1.36. The zero-order chi connectivity index (χ0) is 18.5. The number of piperidine rings is 1. The third-order valence-electron chi connectivity index (χ3n) is 4.37. The maximum atomic E-state index is 13.0. The van der Waals surface area contributed by atoms with Gasteiger partial charge in [-0.3, -0.25) is 4.79 Å². The van der Waals surface area contributed by atoms with Crippen molar-refractivity contribution in [1.82, 2.24) is 4.90 Å². The van der Waals surface area contributed by atoms with Crippen LogP contribution in [0.5, 0.6) is 0 Å². The lowest BCUT2D eigenvalue weighted by Gasteiger charge is -2.30. The SMILES string of the molecule is O=C(O[C@@H](C(=O)N1CCCCC1)c1ccccc1)c1cc(Cl)ccc1Cl. The first-order chi connectivity index (χ1) is 12.6. The quantitative estimate of drug-likeness (QED) is 0.695. The third-order valence-corrected chi connectivity index (χ3v) is 4.93. The molecule has 2 aromatic carbocycles. The van der Waals surface area contributed by atoms with Crippen molar-refractivity contribution >= 4 is 35.1 Å². The first-order valence-corrected chi connectivity index (χ1v) is 9.31. The number of esters is 1. The molecule has 1 atom stereocenters. The number of rotatable bonds is 4. The van der Waals surface area contributed by atoms with Gasteiger partial charge in [-0.2, -0.15) is 0 Å². The fraction of sp³-hybridized carbons (Fsp3) is 0.300. The lowest BCUT2D eigenvalue weighted by molar-refractivity contribution is -0.142. The Morgan fingerprint density at radius 1 is 0.962 bits per heavy atom. The summed E-state index contributed by atoms with van der Waals surface area (Å²) in [5.41, 5.74) is 0.779. The van der Waals surface area contributed by atoms with Crippen molar-refractivity contribution in [2.45, 2.75) is 25.4 Å². The van der Waals surface area contributed by atoms with Gasteiger partial charge in [0, 0.05) is 23.7 Å². The minimum Gasteiger partial charge on any atom is -0.444 e. The molecular weight excluding hydrogens is 373 g/mol. The molecule has 0 aromatic heterocycles. The summed E-state index contributed by atoms with van der Waals surface area (Å²) >= 11 is 12.1. The van der Waals surface area contributed by atoms with Gasteiger partial charge in [0.15, 0.2) is 0 Å². The van der Waals surface area contributed by atoms with Gasteiger partial charge >= 0.3 is 5.97 Å². The first kappa shape index (κ1) is 18.7. The zero-order valence-corrected chi connectivity index (χ0v) is 15.7. The summed E-state index contributed by atoms with van der Waals surface area (Å²) < 4.78 is 5.60. The van der Waals surface area contributed by atoms with Crippen LogP contribution < -0.4 is 0 Å². The van der Waals surface area contributed by atoms with E-state index in [4.69, 9.17) is 27.9 Å². The number of hydrogen-bond donors (Lipinski definition) is 0. The van der Waals surface area contributed by atoms with Gasteiger partial charge in [0.25, 0.3) is 5.91 Å². The third kappa shape index (κ3) is 4.37. The smallest absolute Gasteiger partial charge is 0.340 e. The second kappa shape index (κ2) is 8.56. The monoisotopic (exact) mass is 391 g/mol. The standard InChI is InChI=1S/C20H19Cl2NO3/c21-15-9-10-17(22)16(13-15)20(25)26-18(14-7-3-1-4-8-14)19(24)23-11-5-2-6-12-23/h1,3-4,7-10,13,18H,2,5-6,11-12H2/t18-/m1/s1. The van der Waals surface area contributed by atoms with E-state index in [0.29, 0.717) is 23.7 Å². The van der Waals surface area contributed by atoms with Crippen LogP contribution in [0.1, 0.15) is 41.3 Å². The van der Waals surface area contributed by atoms with Crippen LogP contribution in [0.15, 0.2) is 48.5 Å². The van der Waals surface area contributed by atoms with Crippen LogP contribution in [0.25, 0.3) is 0 Å². The van der Waals surface area contributed by atoms with Crippen LogP contribution in [0, 0.1) is 0 Å². The highest BCUT2D eigenvalue weighted by atomic mass is 35.5. The molecule has 136 valence electrons. The van der Waals surface area contributed by atoms with E-state index in [-0.39, 0.29) is 16.5 Å². The largest absolute Gasteiger partial charge is 0.444 e.